The number of nitrogens with one attached hydrogen (secondary N) is 1. The van der Waals surface area contributed by atoms with Gasteiger partial charge in [0, 0.05) is 26.2 Å². The first-order valence-corrected chi connectivity index (χ1v) is 5.60. The third-order valence-corrected chi connectivity index (χ3v) is 2.88. The maximum Gasteiger partial charge on any atom is 0.100 e. The number of anilines is 1. The normalized spacial score (nSPS) is 17.2. The van der Waals surface area contributed by atoms with E-state index in [0.717, 1.165) is 43.0 Å². The van der Waals surface area contributed by atoms with Crippen LogP contribution >= 0.6 is 0 Å². The van der Waals surface area contributed by atoms with Gasteiger partial charge in [-0.2, -0.15) is 5.10 Å². The van der Waals surface area contributed by atoms with Crippen molar-refractivity contribution in [2.24, 2.45) is 7.05 Å². The zero-order valence-corrected chi connectivity index (χ0v) is 9.45. The SMILES string of the molecule is CCc1nn(C)cc1N1CCCCC1=N. The van der Waals surface area contributed by atoms with Crippen LogP contribution < -0.4 is 4.90 Å². The Balaban J connectivity index is 2.30. The summed E-state index contributed by atoms with van der Waals surface area (Å²) >= 11 is 0. The zero-order chi connectivity index (χ0) is 10.8. The Hall–Kier alpha value is -1.32. The molecule has 1 fully saturated rings. The number of piperidine rings is 1. The molecular weight excluding hydrogens is 188 g/mol. The molecule has 1 aliphatic rings. The molecule has 0 atom stereocenters. The van der Waals surface area contributed by atoms with Gasteiger partial charge in [0.05, 0.1) is 11.4 Å². The molecule has 0 radical (unpaired) electrons. The molecule has 0 amide bonds. The molecule has 1 aromatic rings. The molecule has 4 heteroatoms. The van der Waals surface area contributed by atoms with Crippen LogP contribution in [0.25, 0.3) is 0 Å². The van der Waals surface area contributed by atoms with E-state index in [2.05, 4.69) is 16.9 Å². The minimum atomic E-state index is 0.740. The Morgan fingerprint density at radius 2 is 2.27 bits per heavy atom. The summed E-state index contributed by atoms with van der Waals surface area (Å²) in [4.78, 5) is 2.11. The van der Waals surface area contributed by atoms with Crippen molar-refractivity contribution in [3.63, 3.8) is 0 Å². The summed E-state index contributed by atoms with van der Waals surface area (Å²) in [5.41, 5.74) is 2.23. The van der Waals surface area contributed by atoms with Gasteiger partial charge in [0.1, 0.15) is 5.84 Å². The van der Waals surface area contributed by atoms with Gasteiger partial charge >= 0.3 is 0 Å². The number of nitrogens with zero attached hydrogens (tertiary/aromatic N) is 3. The van der Waals surface area contributed by atoms with Gasteiger partial charge in [-0.1, -0.05) is 6.92 Å². The summed E-state index contributed by atoms with van der Waals surface area (Å²) in [5, 5.41) is 12.4. The van der Waals surface area contributed by atoms with Crippen LogP contribution in [0.4, 0.5) is 5.69 Å². The largest absolute Gasteiger partial charge is 0.327 e. The van der Waals surface area contributed by atoms with Crippen LogP contribution in [-0.2, 0) is 13.5 Å². The topological polar surface area (TPSA) is 44.9 Å². The lowest BCUT2D eigenvalue weighted by molar-refractivity contribution is 0.706. The monoisotopic (exact) mass is 206 g/mol. The molecule has 1 aromatic heterocycles. The van der Waals surface area contributed by atoms with Crippen molar-refractivity contribution in [1.29, 1.82) is 5.41 Å². The van der Waals surface area contributed by atoms with Crippen LogP contribution in [0.2, 0.25) is 0 Å². The fourth-order valence-electron chi connectivity index (χ4n) is 2.10. The summed E-state index contributed by atoms with van der Waals surface area (Å²) in [7, 11) is 1.94. The Labute approximate surface area is 90.4 Å². The van der Waals surface area contributed by atoms with E-state index in [0.29, 0.717) is 0 Å². The molecule has 1 saturated heterocycles. The van der Waals surface area contributed by atoms with E-state index in [1.165, 1.54) is 6.42 Å². The van der Waals surface area contributed by atoms with E-state index in [1.807, 2.05) is 17.9 Å². The molecule has 0 spiro atoms. The first-order valence-electron chi connectivity index (χ1n) is 5.60. The Morgan fingerprint density at radius 3 is 2.93 bits per heavy atom. The van der Waals surface area contributed by atoms with E-state index >= 15 is 0 Å². The van der Waals surface area contributed by atoms with Crippen LogP contribution in [0, 0.1) is 5.41 Å². The third-order valence-electron chi connectivity index (χ3n) is 2.88. The van der Waals surface area contributed by atoms with Crippen LogP contribution in [0.15, 0.2) is 6.20 Å². The van der Waals surface area contributed by atoms with Gasteiger partial charge in [-0.3, -0.25) is 10.1 Å². The molecule has 82 valence electrons. The number of aromatic nitrogens is 2. The average molecular weight is 206 g/mol. The molecule has 0 saturated carbocycles. The van der Waals surface area contributed by atoms with E-state index in [9.17, 15) is 0 Å². The Morgan fingerprint density at radius 1 is 1.47 bits per heavy atom. The van der Waals surface area contributed by atoms with Crippen LogP contribution in [0.3, 0.4) is 0 Å². The van der Waals surface area contributed by atoms with Gasteiger partial charge < -0.3 is 4.90 Å². The molecule has 2 heterocycles. The van der Waals surface area contributed by atoms with E-state index in [4.69, 9.17) is 5.41 Å². The number of hydrogen-bond acceptors (Lipinski definition) is 2. The van der Waals surface area contributed by atoms with Gasteiger partial charge in [0.2, 0.25) is 0 Å². The van der Waals surface area contributed by atoms with Crippen LogP contribution in [0.5, 0.6) is 0 Å². The lowest BCUT2D eigenvalue weighted by Gasteiger charge is -2.28. The van der Waals surface area contributed by atoms with Gasteiger partial charge in [-0.05, 0) is 19.3 Å². The minimum Gasteiger partial charge on any atom is -0.327 e. The first kappa shape index (κ1) is 10.2. The summed E-state index contributed by atoms with van der Waals surface area (Å²) < 4.78 is 1.84. The highest BCUT2D eigenvalue weighted by atomic mass is 15.3. The lowest BCUT2D eigenvalue weighted by atomic mass is 10.1. The van der Waals surface area contributed by atoms with Crippen molar-refractivity contribution in [3.8, 4) is 0 Å². The zero-order valence-electron chi connectivity index (χ0n) is 9.45. The summed E-state index contributed by atoms with van der Waals surface area (Å²) in [5.74, 6) is 0.740. The first-order chi connectivity index (χ1) is 7.22. The van der Waals surface area contributed by atoms with E-state index < -0.39 is 0 Å². The molecule has 1 N–H and O–H groups in total. The third kappa shape index (κ3) is 1.89. The molecular formula is C11H18N4. The molecule has 2 rings (SSSR count). The maximum absolute atomic E-state index is 7.95. The highest BCUT2D eigenvalue weighted by Crippen LogP contribution is 2.24. The van der Waals surface area contributed by atoms with E-state index in [-0.39, 0.29) is 0 Å². The quantitative estimate of drug-likeness (QED) is 0.803. The van der Waals surface area contributed by atoms with Crippen molar-refractivity contribution in [1.82, 2.24) is 9.78 Å². The fourth-order valence-corrected chi connectivity index (χ4v) is 2.10. The standard InChI is InChI=1S/C11H18N4/c1-3-9-10(8-14(2)13-9)15-7-5-4-6-11(15)12/h8,12H,3-7H2,1-2H3. The van der Waals surface area contributed by atoms with Crippen molar-refractivity contribution in [3.05, 3.63) is 11.9 Å². The van der Waals surface area contributed by atoms with Crippen LogP contribution in [-0.4, -0.2) is 22.2 Å². The summed E-state index contributed by atoms with van der Waals surface area (Å²) in [6.45, 7) is 3.08. The van der Waals surface area contributed by atoms with Crippen LogP contribution in [0.1, 0.15) is 31.9 Å². The van der Waals surface area contributed by atoms with Crippen molar-refractivity contribution < 1.29 is 0 Å². The van der Waals surface area contributed by atoms with E-state index in [1.54, 1.807) is 0 Å². The van der Waals surface area contributed by atoms with Crippen molar-refractivity contribution in [2.45, 2.75) is 32.6 Å². The highest BCUT2D eigenvalue weighted by Gasteiger charge is 2.20. The second-order valence-corrected chi connectivity index (χ2v) is 4.04. The second kappa shape index (κ2) is 4.04. The van der Waals surface area contributed by atoms with Gasteiger partial charge in [-0.25, -0.2) is 0 Å². The Bertz CT molecular complexity index is 367. The minimum absolute atomic E-state index is 0.740. The van der Waals surface area contributed by atoms with Gasteiger partial charge in [0.25, 0.3) is 0 Å². The predicted octanol–water partition coefficient (Wildman–Crippen LogP) is 1.95. The molecule has 15 heavy (non-hydrogen) atoms. The molecule has 1 aliphatic heterocycles. The highest BCUT2D eigenvalue weighted by molar-refractivity contribution is 5.96. The molecule has 0 aromatic carbocycles. The molecule has 0 unspecified atom stereocenters. The Kier molecular flexibility index (Phi) is 2.75. The number of aryl methyl sites for hydroxylation is 2. The molecule has 0 bridgehead atoms. The number of amidine groups is 1. The van der Waals surface area contributed by atoms with Gasteiger partial charge in [-0.15, -0.1) is 0 Å². The fraction of sp³-hybridized carbons (Fsp3) is 0.636. The summed E-state index contributed by atoms with van der Waals surface area (Å²) in [6, 6.07) is 0. The predicted molar refractivity (Wildman–Crippen MR) is 61.5 cm³/mol. The van der Waals surface area contributed by atoms with Crippen molar-refractivity contribution in [2.75, 3.05) is 11.4 Å². The van der Waals surface area contributed by atoms with Gasteiger partial charge in [0.15, 0.2) is 0 Å². The molecule has 0 aliphatic carbocycles. The lowest BCUT2D eigenvalue weighted by Crippen LogP contribution is -2.35. The molecule has 4 nitrogen and oxygen atoms in total. The smallest absolute Gasteiger partial charge is 0.100 e. The second-order valence-electron chi connectivity index (χ2n) is 4.04. The maximum atomic E-state index is 7.95. The number of rotatable bonds is 2. The number of hydrogen-bond donors (Lipinski definition) is 1. The summed E-state index contributed by atoms with van der Waals surface area (Å²) in [6.07, 6.45) is 6.19. The van der Waals surface area contributed by atoms with Crippen molar-refractivity contribution >= 4 is 11.5 Å². The average Bonchev–Trinajstić information content (AvgIpc) is 2.60.